The highest BCUT2D eigenvalue weighted by molar-refractivity contribution is 8.00. The Morgan fingerprint density at radius 1 is 1.27 bits per heavy atom. The minimum absolute atomic E-state index is 0.0348. The number of carbonyl (C=O) groups excluding carboxylic acids is 1. The third-order valence-electron chi connectivity index (χ3n) is 4.63. The molecule has 1 aromatic carbocycles. The van der Waals surface area contributed by atoms with Crippen molar-refractivity contribution in [1.82, 2.24) is 9.78 Å². The van der Waals surface area contributed by atoms with Crippen LogP contribution in [-0.4, -0.2) is 39.4 Å². The van der Waals surface area contributed by atoms with E-state index in [4.69, 9.17) is 9.47 Å². The number of thioether (sulfide) groups is 1. The van der Waals surface area contributed by atoms with Gasteiger partial charge in [-0.1, -0.05) is 25.0 Å². The second-order valence-electron chi connectivity index (χ2n) is 6.71. The second-order valence-corrected chi connectivity index (χ2v) is 8.00. The Morgan fingerprint density at radius 3 is 2.92 bits per heavy atom. The van der Waals surface area contributed by atoms with Crippen molar-refractivity contribution < 1.29 is 14.3 Å². The van der Waals surface area contributed by atoms with Gasteiger partial charge in [0.15, 0.2) is 17.6 Å². The second kappa shape index (κ2) is 8.03. The number of aromatic nitrogens is 2. The Bertz CT molecular complexity index is 758. The number of fused-ring (bicyclic) bond motifs is 1. The van der Waals surface area contributed by atoms with Gasteiger partial charge in [0, 0.05) is 11.4 Å². The maximum absolute atomic E-state index is 12.1. The van der Waals surface area contributed by atoms with E-state index in [0.717, 1.165) is 17.2 Å². The molecule has 1 saturated carbocycles. The summed E-state index contributed by atoms with van der Waals surface area (Å²) in [5.74, 6) is 2.07. The summed E-state index contributed by atoms with van der Waals surface area (Å²) < 4.78 is 13.4. The normalized spacial score (nSPS) is 19.5. The van der Waals surface area contributed by atoms with Gasteiger partial charge in [-0.3, -0.25) is 9.48 Å². The lowest BCUT2D eigenvalue weighted by molar-refractivity contribution is -0.113. The van der Waals surface area contributed by atoms with E-state index in [1.54, 1.807) is 22.6 Å². The lowest BCUT2D eigenvalue weighted by Gasteiger charge is -2.26. The standard InChI is InChI=1S/C19H23N3O3S/c23-19(13-26-16-5-1-2-6-16)21-14-9-20-22(10-14)11-15-12-24-17-7-3-4-8-18(17)25-15/h3-4,7-10,15-16H,1-2,5-6,11-13H2,(H,21,23)/t15-/m0/s1. The molecule has 0 unspecified atom stereocenters. The molecule has 0 spiro atoms. The summed E-state index contributed by atoms with van der Waals surface area (Å²) >= 11 is 1.76. The van der Waals surface area contributed by atoms with Crippen molar-refractivity contribution in [2.75, 3.05) is 17.7 Å². The molecule has 26 heavy (non-hydrogen) atoms. The highest BCUT2D eigenvalue weighted by atomic mass is 32.2. The molecule has 1 amide bonds. The van der Waals surface area contributed by atoms with Gasteiger partial charge in [-0.25, -0.2) is 0 Å². The van der Waals surface area contributed by atoms with Crippen molar-refractivity contribution >= 4 is 23.4 Å². The molecule has 1 atom stereocenters. The number of amides is 1. The van der Waals surface area contributed by atoms with Crippen molar-refractivity contribution in [3.05, 3.63) is 36.7 Å². The first-order valence-corrected chi connectivity index (χ1v) is 10.1. The van der Waals surface area contributed by atoms with E-state index in [0.29, 0.717) is 24.2 Å². The molecule has 4 rings (SSSR count). The first kappa shape index (κ1) is 17.3. The predicted octanol–water partition coefficient (Wildman–Crippen LogP) is 3.34. The van der Waals surface area contributed by atoms with Gasteiger partial charge in [0.05, 0.1) is 24.2 Å². The summed E-state index contributed by atoms with van der Waals surface area (Å²) in [4.78, 5) is 12.1. The van der Waals surface area contributed by atoms with E-state index in [1.165, 1.54) is 25.7 Å². The Kier molecular flexibility index (Phi) is 5.34. The number of hydrogen-bond donors (Lipinski definition) is 1. The fourth-order valence-corrected chi connectivity index (χ4v) is 4.46. The fourth-order valence-electron chi connectivity index (χ4n) is 3.34. The molecule has 1 fully saturated rings. The van der Waals surface area contributed by atoms with E-state index in [-0.39, 0.29) is 12.0 Å². The van der Waals surface area contributed by atoms with Crippen LogP contribution in [0.15, 0.2) is 36.7 Å². The van der Waals surface area contributed by atoms with Gasteiger partial charge >= 0.3 is 0 Å². The van der Waals surface area contributed by atoms with Crippen LogP contribution in [0, 0.1) is 0 Å². The third kappa shape index (κ3) is 4.33. The molecule has 0 bridgehead atoms. The van der Waals surface area contributed by atoms with Crippen molar-refractivity contribution in [1.29, 1.82) is 0 Å². The van der Waals surface area contributed by atoms with Gasteiger partial charge in [0.1, 0.15) is 6.61 Å². The number of ether oxygens (including phenoxy) is 2. The average molecular weight is 373 g/mol. The zero-order valence-electron chi connectivity index (χ0n) is 14.6. The minimum atomic E-state index is -0.105. The van der Waals surface area contributed by atoms with E-state index < -0.39 is 0 Å². The van der Waals surface area contributed by atoms with Gasteiger partial charge < -0.3 is 14.8 Å². The summed E-state index contributed by atoms with van der Waals surface area (Å²) in [6.07, 6.45) is 8.47. The molecule has 1 N–H and O–H groups in total. The summed E-state index contributed by atoms with van der Waals surface area (Å²) in [5, 5.41) is 7.89. The van der Waals surface area contributed by atoms with E-state index in [2.05, 4.69) is 10.4 Å². The van der Waals surface area contributed by atoms with Crippen LogP contribution in [0.4, 0.5) is 5.69 Å². The Balaban J connectivity index is 1.26. The summed E-state index contributed by atoms with van der Waals surface area (Å²) in [6.45, 7) is 1.05. The fraction of sp³-hybridized carbons (Fsp3) is 0.474. The largest absolute Gasteiger partial charge is 0.486 e. The van der Waals surface area contributed by atoms with Crippen LogP contribution in [0.1, 0.15) is 25.7 Å². The van der Waals surface area contributed by atoms with Crippen molar-refractivity contribution in [3.8, 4) is 11.5 Å². The molecule has 2 aliphatic rings. The van der Waals surface area contributed by atoms with Crippen LogP contribution < -0.4 is 14.8 Å². The van der Waals surface area contributed by atoms with Crippen LogP contribution in [0.2, 0.25) is 0 Å². The number of nitrogens with one attached hydrogen (secondary N) is 1. The lowest BCUT2D eigenvalue weighted by atomic mass is 10.2. The molecule has 2 heterocycles. The van der Waals surface area contributed by atoms with E-state index >= 15 is 0 Å². The highest BCUT2D eigenvalue weighted by Crippen LogP contribution is 2.31. The maximum Gasteiger partial charge on any atom is 0.234 e. The van der Waals surface area contributed by atoms with E-state index in [9.17, 15) is 4.79 Å². The van der Waals surface area contributed by atoms with Gasteiger partial charge in [-0.15, -0.1) is 11.8 Å². The van der Waals surface area contributed by atoms with Crippen LogP contribution in [0.5, 0.6) is 11.5 Å². The third-order valence-corrected chi connectivity index (χ3v) is 6.00. The predicted molar refractivity (Wildman–Crippen MR) is 102 cm³/mol. The van der Waals surface area contributed by atoms with Crippen molar-refractivity contribution in [3.63, 3.8) is 0 Å². The summed E-state index contributed by atoms with van der Waals surface area (Å²) in [6, 6.07) is 7.65. The van der Waals surface area contributed by atoms with Crippen LogP contribution >= 0.6 is 11.8 Å². The van der Waals surface area contributed by atoms with Crippen LogP contribution in [-0.2, 0) is 11.3 Å². The monoisotopic (exact) mass is 373 g/mol. The Labute approximate surface area is 157 Å². The highest BCUT2D eigenvalue weighted by Gasteiger charge is 2.21. The number of anilines is 1. The van der Waals surface area contributed by atoms with Gasteiger partial charge in [0.2, 0.25) is 5.91 Å². The number of carbonyl (C=O) groups is 1. The zero-order chi connectivity index (χ0) is 17.8. The topological polar surface area (TPSA) is 65.4 Å². The number of para-hydroxylation sites is 2. The molecule has 1 aliphatic heterocycles. The maximum atomic E-state index is 12.1. The molecule has 2 aromatic rings. The number of hydrogen-bond acceptors (Lipinski definition) is 5. The van der Waals surface area contributed by atoms with Crippen molar-refractivity contribution in [2.24, 2.45) is 0 Å². The molecule has 1 aliphatic carbocycles. The van der Waals surface area contributed by atoms with Crippen LogP contribution in [0.25, 0.3) is 0 Å². The van der Waals surface area contributed by atoms with Gasteiger partial charge in [0.25, 0.3) is 0 Å². The number of rotatable bonds is 6. The molecular weight excluding hydrogens is 350 g/mol. The van der Waals surface area contributed by atoms with Crippen molar-refractivity contribution in [2.45, 2.75) is 43.6 Å². The molecule has 1 aromatic heterocycles. The molecule has 6 nitrogen and oxygen atoms in total. The number of nitrogens with zero attached hydrogens (tertiary/aromatic N) is 2. The molecule has 7 heteroatoms. The summed E-state index contributed by atoms with van der Waals surface area (Å²) in [5.41, 5.74) is 0.721. The minimum Gasteiger partial charge on any atom is -0.486 e. The van der Waals surface area contributed by atoms with Crippen LogP contribution in [0.3, 0.4) is 0 Å². The first-order valence-electron chi connectivity index (χ1n) is 9.08. The average Bonchev–Trinajstić information content (AvgIpc) is 3.32. The molecule has 0 saturated heterocycles. The molecule has 138 valence electrons. The smallest absolute Gasteiger partial charge is 0.234 e. The lowest BCUT2D eigenvalue weighted by Crippen LogP contribution is -2.33. The molecular formula is C19H23N3O3S. The summed E-state index contributed by atoms with van der Waals surface area (Å²) in [7, 11) is 0. The molecule has 0 radical (unpaired) electrons. The Morgan fingerprint density at radius 2 is 2.08 bits per heavy atom. The number of benzene rings is 1. The Hall–Kier alpha value is -2.15. The van der Waals surface area contributed by atoms with Gasteiger partial charge in [-0.05, 0) is 25.0 Å². The quantitative estimate of drug-likeness (QED) is 0.841. The SMILES string of the molecule is O=C(CSC1CCCC1)Nc1cnn(C[C@H]2COc3ccccc3O2)c1. The zero-order valence-corrected chi connectivity index (χ0v) is 15.4. The van der Waals surface area contributed by atoms with Gasteiger partial charge in [-0.2, -0.15) is 5.10 Å². The first-order chi connectivity index (χ1) is 12.8. The van der Waals surface area contributed by atoms with E-state index in [1.807, 2.05) is 30.5 Å².